The number of methoxy groups -OCH3 is 2. The molecule has 0 unspecified atom stereocenters. The fourth-order valence-corrected chi connectivity index (χ4v) is 7.51. The van der Waals surface area contributed by atoms with Gasteiger partial charge in [-0.2, -0.15) is 0 Å². The number of benzene rings is 4. The molecule has 3 atom stereocenters. The zero-order valence-corrected chi connectivity index (χ0v) is 24.6. The first kappa shape index (κ1) is 27.2. The summed E-state index contributed by atoms with van der Waals surface area (Å²) in [7, 11) is 3.06. The van der Waals surface area contributed by atoms with Crippen LogP contribution in [0.1, 0.15) is 53.7 Å². The first-order valence-corrected chi connectivity index (χ1v) is 14.5. The summed E-state index contributed by atoms with van der Waals surface area (Å²) in [5, 5.41) is 0.502. The van der Waals surface area contributed by atoms with E-state index in [0.29, 0.717) is 38.8 Å². The maximum atomic E-state index is 14.9. The first-order valence-electron chi connectivity index (χ1n) is 14.1. The van der Waals surface area contributed by atoms with Gasteiger partial charge in [0.2, 0.25) is 0 Å². The summed E-state index contributed by atoms with van der Waals surface area (Å²) in [4.78, 5) is 46.5. The van der Waals surface area contributed by atoms with Gasteiger partial charge < -0.3 is 14.4 Å². The molecule has 43 heavy (non-hydrogen) atoms. The number of ether oxygens (including phenoxy) is 2. The number of para-hydroxylation sites is 1. The molecule has 1 fully saturated rings. The van der Waals surface area contributed by atoms with E-state index in [9.17, 15) is 14.4 Å². The Balaban J connectivity index is 1.58. The van der Waals surface area contributed by atoms with E-state index >= 15 is 0 Å². The van der Waals surface area contributed by atoms with Gasteiger partial charge >= 0.3 is 0 Å². The van der Waals surface area contributed by atoms with E-state index < -0.39 is 23.4 Å². The van der Waals surface area contributed by atoms with Crippen molar-refractivity contribution in [2.75, 3.05) is 19.1 Å². The van der Waals surface area contributed by atoms with E-state index in [2.05, 4.69) is 0 Å². The number of carbonyl (C=O) groups is 3. The van der Waals surface area contributed by atoms with Crippen LogP contribution in [0.25, 0.3) is 6.08 Å². The smallest absolute Gasteiger partial charge is 0.185 e. The second-order valence-corrected chi connectivity index (χ2v) is 11.7. The van der Waals surface area contributed by atoms with E-state index in [-0.39, 0.29) is 17.3 Å². The van der Waals surface area contributed by atoms with Crippen LogP contribution in [0.15, 0.2) is 91.0 Å². The molecule has 7 rings (SSSR count). The van der Waals surface area contributed by atoms with Gasteiger partial charge in [0.15, 0.2) is 28.8 Å². The molecule has 3 aliphatic rings. The molecule has 0 aromatic heterocycles. The molecule has 0 N–H and O–H groups in total. The Morgan fingerprint density at radius 1 is 0.860 bits per heavy atom. The van der Waals surface area contributed by atoms with Crippen LogP contribution < -0.4 is 14.4 Å². The van der Waals surface area contributed by atoms with Crippen LogP contribution >= 0.6 is 11.6 Å². The molecule has 0 bridgehead atoms. The third kappa shape index (κ3) is 3.69. The molecule has 0 radical (unpaired) electrons. The summed E-state index contributed by atoms with van der Waals surface area (Å²) in [6.07, 6.45) is 3.88. The summed E-state index contributed by atoms with van der Waals surface area (Å²) in [5.41, 5.74) is 2.82. The normalized spacial score (nSPS) is 21.0. The molecule has 214 valence electrons. The second-order valence-electron chi connectivity index (χ2n) is 11.2. The van der Waals surface area contributed by atoms with Crippen LogP contribution in [0.4, 0.5) is 5.69 Å². The molecular formula is C36H28ClNO5. The van der Waals surface area contributed by atoms with Crippen molar-refractivity contribution < 1.29 is 23.9 Å². The van der Waals surface area contributed by atoms with Gasteiger partial charge in [0.05, 0.1) is 20.3 Å². The minimum absolute atomic E-state index is 0.230. The summed E-state index contributed by atoms with van der Waals surface area (Å²) < 4.78 is 11.6. The van der Waals surface area contributed by atoms with E-state index in [4.69, 9.17) is 21.1 Å². The number of rotatable bonds is 5. The average molecular weight is 590 g/mol. The molecule has 0 saturated carbocycles. The molecule has 2 heterocycles. The van der Waals surface area contributed by atoms with E-state index in [1.807, 2.05) is 48.2 Å². The molecule has 4 aromatic carbocycles. The van der Waals surface area contributed by atoms with Gasteiger partial charge in [-0.05, 0) is 55.0 Å². The van der Waals surface area contributed by atoms with Crippen molar-refractivity contribution in [3.63, 3.8) is 0 Å². The predicted molar refractivity (Wildman–Crippen MR) is 166 cm³/mol. The fraction of sp³-hybridized carbons (Fsp3) is 0.194. The molecule has 1 spiro atoms. The Kier molecular flexibility index (Phi) is 6.29. The van der Waals surface area contributed by atoms with Crippen molar-refractivity contribution in [2.24, 2.45) is 5.41 Å². The molecule has 4 aromatic rings. The number of hydrogen-bond acceptors (Lipinski definition) is 6. The number of ketones is 3. The predicted octanol–water partition coefficient (Wildman–Crippen LogP) is 6.98. The Morgan fingerprint density at radius 2 is 1.56 bits per heavy atom. The van der Waals surface area contributed by atoms with Gasteiger partial charge in [-0.3, -0.25) is 14.4 Å². The van der Waals surface area contributed by atoms with Crippen molar-refractivity contribution in [3.8, 4) is 11.5 Å². The molecule has 0 amide bonds. The Morgan fingerprint density at radius 3 is 2.21 bits per heavy atom. The minimum atomic E-state index is -1.64. The van der Waals surface area contributed by atoms with Gasteiger partial charge in [0, 0.05) is 38.9 Å². The molecule has 7 heteroatoms. The lowest BCUT2D eigenvalue weighted by molar-refractivity contribution is 0.0664. The number of fused-ring (bicyclic) bond motifs is 5. The van der Waals surface area contributed by atoms with Crippen LogP contribution in [0.2, 0.25) is 5.02 Å². The van der Waals surface area contributed by atoms with E-state index in [1.165, 1.54) is 14.2 Å². The number of halogens is 1. The van der Waals surface area contributed by atoms with Gasteiger partial charge in [-0.1, -0.05) is 71.8 Å². The summed E-state index contributed by atoms with van der Waals surface area (Å²) in [6.45, 7) is 2.01. The second kappa shape index (κ2) is 9.96. The van der Waals surface area contributed by atoms with Crippen LogP contribution in [-0.2, 0) is 0 Å². The monoisotopic (exact) mass is 589 g/mol. The van der Waals surface area contributed by atoms with Gasteiger partial charge in [-0.15, -0.1) is 0 Å². The third-order valence-corrected chi connectivity index (χ3v) is 9.38. The highest BCUT2D eigenvalue weighted by molar-refractivity contribution is 6.32. The number of aryl methyl sites for hydroxylation is 1. The quantitative estimate of drug-likeness (QED) is 0.185. The Labute approximate surface area is 254 Å². The molecule has 1 saturated heterocycles. The van der Waals surface area contributed by atoms with Crippen molar-refractivity contribution in [1.82, 2.24) is 0 Å². The zero-order valence-electron chi connectivity index (χ0n) is 23.8. The fourth-order valence-electron chi connectivity index (χ4n) is 7.38. The number of anilines is 1. The zero-order chi connectivity index (χ0) is 30.0. The van der Waals surface area contributed by atoms with E-state index in [1.54, 1.807) is 60.7 Å². The molecule has 2 aliphatic heterocycles. The lowest BCUT2D eigenvalue weighted by Crippen LogP contribution is -2.48. The van der Waals surface area contributed by atoms with Crippen molar-refractivity contribution in [3.05, 3.63) is 129 Å². The maximum Gasteiger partial charge on any atom is 0.185 e. The largest absolute Gasteiger partial charge is 0.493 e. The van der Waals surface area contributed by atoms with Crippen molar-refractivity contribution in [1.29, 1.82) is 0 Å². The number of carbonyl (C=O) groups excluding carboxylic acids is 3. The average Bonchev–Trinajstić information content (AvgIpc) is 3.46. The van der Waals surface area contributed by atoms with Crippen LogP contribution in [0.5, 0.6) is 11.5 Å². The van der Waals surface area contributed by atoms with Crippen LogP contribution in [-0.4, -0.2) is 43.7 Å². The van der Waals surface area contributed by atoms with Crippen molar-refractivity contribution in [2.45, 2.75) is 24.9 Å². The number of Topliss-reactive ketones (excluding diaryl/α,β-unsaturated/α-hetero) is 3. The maximum absolute atomic E-state index is 14.9. The summed E-state index contributed by atoms with van der Waals surface area (Å²) in [6, 6.07) is 23.4. The highest BCUT2D eigenvalue weighted by atomic mass is 35.5. The lowest BCUT2D eigenvalue weighted by atomic mass is 9.64. The number of nitrogens with zero attached hydrogens (tertiary/aromatic N) is 1. The van der Waals surface area contributed by atoms with Crippen molar-refractivity contribution >= 4 is 40.7 Å². The van der Waals surface area contributed by atoms with Gasteiger partial charge in [-0.25, -0.2) is 0 Å². The Hall–Kier alpha value is -4.68. The van der Waals surface area contributed by atoms with Crippen LogP contribution in [0, 0.1) is 12.3 Å². The first-order chi connectivity index (χ1) is 20.8. The summed E-state index contributed by atoms with van der Waals surface area (Å²) in [5.74, 6) is -0.927. The van der Waals surface area contributed by atoms with Crippen LogP contribution in [0.3, 0.4) is 0 Å². The third-order valence-electron chi connectivity index (χ3n) is 9.13. The van der Waals surface area contributed by atoms with Gasteiger partial charge in [0.1, 0.15) is 11.5 Å². The molecule has 1 aliphatic carbocycles. The number of hydrogen-bond donors (Lipinski definition) is 0. The molecule has 6 nitrogen and oxygen atoms in total. The topological polar surface area (TPSA) is 72.9 Å². The molecular weight excluding hydrogens is 562 g/mol. The minimum Gasteiger partial charge on any atom is -0.493 e. The standard InChI is InChI=1S/C36H28ClNO5/c1-20-11-17-27-22(19-20)14-18-29-36(34(40)24-7-4-5-8-25(24)35(36)41)30(26-9-6-10-28(42-2)33(26)43-3)31(38(27)29)32(39)21-12-15-23(37)16-13-21/h4-19,29-31H,1-3H3/t29-,30+,31-/m1/s1. The summed E-state index contributed by atoms with van der Waals surface area (Å²) >= 11 is 6.20. The SMILES string of the molecule is COc1cccc([C@H]2[C@H](C(=O)c3ccc(Cl)cc3)N3c4ccc(C)cc4C=C[C@@H]3C23C(=O)c2ccccc2C3=O)c1OC. The van der Waals surface area contributed by atoms with E-state index in [0.717, 1.165) is 16.8 Å². The highest BCUT2D eigenvalue weighted by Gasteiger charge is 2.72. The Bertz CT molecular complexity index is 1830. The van der Waals surface area contributed by atoms with Gasteiger partial charge in [0.25, 0.3) is 0 Å². The highest BCUT2D eigenvalue weighted by Crippen LogP contribution is 2.62. The lowest BCUT2D eigenvalue weighted by Gasteiger charge is -2.37.